The molecular weight excluding hydrogens is 356 g/mol. The summed E-state index contributed by atoms with van der Waals surface area (Å²) in [4.78, 5) is 27.0. The number of aryl methyl sites for hydroxylation is 1. The van der Waals surface area contributed by atoms with E-state index in [-0.39, 0.29) is 5.91 Å². The maximum Gasteiger partial charge on any atom is 0.274 e. The monoisotopic (exact) mass is 380 g/mol. The number of hydrogen-bond donors (Lipinski definition) is 2. The van der Waals surface area contributed by atoms with Gasteiger partial charge >= 0.3 is 0 Å². The molecule has 0 aromatic heterocycles. The first-order valence-electron chi connectivity index (χ1n) is 9.54. The van der Waals surface area contributed by atoms with E-state index < -0.39 is 11.3 Å². The summed E-state index contributed by atoms with van der Waals surface area (Å²) in [6.07, 6.45) is 3.10. The number of ether oxygens (including phenoxy) is 1. The zero-order chi connectivity index (χ0) is 19.7. The molecule has 2 aromatic carbocycles. The Balaban J connectivity index is 1.55. The van der Waals surface area contributed by atoms with Crippen LogP contribution in [0.2, 0.25) is 0 Å². The van der Waals surface area contributed by atoms with Crippen LogP contribution in [0.15, 0.2) is 42.5 Å². The zero-order valence-corrected chi connectivity index (χ0v) is 15.9. The van der Waals surface area contributed by atoms with Crippen molar-refractivity contribution in [3.63, 3.8) is 0 Å². The van der Waals surface area contributed by atoms with E-state index in [4.69, 9.17) is 9.94 Å². The molecule has 6 heteroatoms. The lowest BCUT2D eigenvalue weighted by atomic mass is 9.70. The Bertz CT molecular complexity index is 927. The predicted octanol–water partition coefficient (Wildman–Crippen LogP) is 2.72. The molecule has 2 N–H and O–H groups in total. The van der Waals surface area contributed by atoms with Crippen LogP contribution in [0.4, 0.5) is 0 Å². The minimum absolute atomic E-state index is 0.182. The minimum Gasteiger partial charge on any atom is -0.496 e. The van der Waals surface area contributed by atoms with Crippen molar-refractivity contribution in [1.29, 1.82) is 0 Å². The van der Waals surface area contributed by atoms with Gasteiger partial charge in [0.05, 0.1) is 12.5 Å². The zero-order valence-electron chi connectivity index (χ0n) is 15.9. The van der Waals surface area contributed by atoms with Gasteiger partial charge in [-0.15, -0.1) is 0 Å². The first-order valence-corrected chi connectivity index (χ1v) is 9.54. The predicted molar refractivity (Wildman–Crippen MR) is 103 cm³/mol. The van der Waals surface area contributed by atoms with Crippen LogP contribution < -0.4 is 10.2 Å². The average molecular weight is 380 g/mol. The fourth-order valence-electron chi connectivity index (χ4n) is 4.55. The molecule has 1 saturated heterocycles. The number of methoxy groups -OCH3 is 1. The summed E-state index contributed by atoms with van der Waals surface area (Å²) in [5, 5.41) is 8.89. The highest BCUT2D eigenvalue weighted by Crippen LogP contribution is 2.44. The number of fused-ring (bicyclic) bond motifs is 1. The van der Waals surface area contributed by atoms with Crippen LogP contribution in [0.1, 0.15) is 39.9 Å². The Kier molecular flexibility index (Phi) is 4.81. The van der Waals surface area contributed by atoms with Crippen LogP contribution >= 0.6 is 0 Å². The van der Waals surface area contributed by atoms with Gasteiger partial charge in [-0.25, -0.2) is 5.48 Å². The topological polar surface area (TPSA) is 78.9 Å². The van der Waals surface area contributed by atoms with Gasteiger partial charge in [0.2, 0.25) is 5.91 Å². The first-order chi connectivity index (χ1) is 13.6. The number of hydroxylamine groups is 1. The molecule has 0 saturated carbocycles. The number of carbonyl (C=O) groups excluding carboxylic acids is 2. The molecule has 2 aromatic rings. The SMILES string of the molecule is COc1ccccc1CN1CCC2(CCc3ccc(C(=O)NO)cc3C2)C1=O. The normalized spacial score (nSPS) is 20.9. The van der Waals surface area contributed by atoms with Crippen LogP contribution in [-0.4, -0.2) is 35.6 Å². The van der Waals surface area contributed by atoms with E-state index in [9.17, 15) is 9.59 Å². The number of amides is 2. The standard InChI is InChI=1S/C22H24N2O4/c1-28-19-5-3-2-4-17(19)14-24-11-10-22(21(24)26)9-8-15-6-7-16(20(25)23-27)12-18(15)13-22/h2-7,12,27H,8-11,13-14H2,1H3,(H,23,25). The second kappa shape index (κ2) is 7.28. The van der Waals surface area contributed by atoms with Gasteiger partial charge in [0.15, 0.2) is 0 Å². The van der Waals surface area contributed by atoms with E-state index in [1.165, 1.54) is 5.56 Å². The van der Waals surface area contributed by atoms with Crippen LogP contribution in [0.25, 0.3) is 0 Å². The number of para-hydroxylation sites is 1. The Hall–Kier alpha value is -2.86. The van der Waals surface area contributed by atoms with E-state index in [0.29, 0.717) is 18.5 Å². The van der Waals surface area contributed by atoms with Gasteiger partial charge in [0.25, 0.3) is 5.91 Å². The van der Waals surface area contributed by atoms with Gasteiger partial charge in [-0.05, 0) is 55.0 Å². The van der Waals surface area contributed by atoms with Crippen molar-refractivity contribution in [3.05, 3.63) is 64.7 Å². The van der Waals surface area contributed by atoms with Crippen molar-refractivity contribution in [1.82, 2.24) is 10.4 Å². The molecule has 1 aliphatic heterocycles. The summed E-state index contributed by atoms with van der Waals surface area (Å²) >= 11 is 0. The first kappa shape index (κ1) is 18.5. The Morgan fingerprint density at radius 1 is 1.21 bits per heavy atom. The van der Waals surface area contributed by atoms with Crippen molar-refractivity contribution in [2.75, 3.05) is 13.7 Å². The maximum absolute atomic E-state index is 13.3. The van der Waals surface area contributed by atoms with E-state index in [2.05, 4.69) is 0 Å². The summed E-state index contributed by atoms with van der Waals surface area (Å²) in [6, 6.07) is 13.2. The third kappa shape index (κ3) is 3.14. The van der Waals surface area contributed by atoms with Crippen molar-refractivity contribution in [2.45, 2.75) is 32.2 Å². The molecule has 2 aliphatic rings. The molecule has 6 nitrogen and oxygen atoms in total. The quantitative estimate of drug-likeness (QED) is 0.631. The second-order valence-electron chi connectivity index (χ2n) is 7.67. The van der Waals surface area contributed by atoms with Crippen LogP contribution in [0.3, 0.4) is 0 Å². The highest BCUT2D eigenvalue weighted by molar-refractivity contribution is 5.93. The lowest BCUT2D eigenvalue weighted by molar-refractivity contribution is -0.137. The van der Waals surface area contributed by atoms with E-state index >= 15 is 0 Å². The summed E-state index contributed by atoms with van der Waals surface area (Å²) < 4.78 is 5.42. The molecule has 1 atom stereocenters. The number of likely N-dealkylation sites (tertiary alicyclic amines) is 1. The molecule has 0 bridgehead atoms. The van der Waals surface area contributed by atoms with E-state index in [1.807, 2.05) is 35.2 Å². The van der Waals surface area contributed by atoms with Gasteiger partial charge < -0.3 is 9.64 Å². The fourth-order valence-corrected chi connectivity index (χ4v) is 4.55. The minimum atomic E-state index is -0.530. The third-order valence-electron chi connectivity index (χ3n) is 6.13. The molecule has 1 unspecified atom stereocenters. The van der Waals surface area contributed by atoms with Crippen LogP contribution in [0.5, 0.6) is 5.75 Å². The number of nitrogens with zero attached hydrogens (tertiary/aromatic N) is 1. The molecule has 2 amide bonds. The van der Waals surface area contributed by atoms with Gasteiger partial charge in [-0.2, -0.15) is 0 Å². The molecule has 1 fully saturated rings. The Morgan fingerprint density at radius 2 is 2.04 bits per heavy atom. The summed E-state index contributed by atoms with van der Waals surface area (Å²) in [5.74, 6) is 0.448. The molecule has 1 spiro atoms. The number of hydrogen-bond acceptors (Lipinski definition) is 4. The van der Waals surface area contributed by atoms with Gasteiger partial charge in [-0.1, -0.05) is 24.3 Å². The lowest BCUT2D eigenvalue weighted by Gasteiger charge is -2.33. The average Bonchev–Trinajstić information content (AvgIpc) is 3.02. The molecule has 1 aliphatic carbocycles. The Morgan fingerprint density at radius 3 is 2.82 bits per heavy atom. The smallest absolute Gasteiger partial charge is 0.274 e. The van der Waals surface area contributed by atoms with E-state index in [1.54, 1.807) is 24.7 Å². The largest absolute Gasteiger partial charge is 0.496 e. The highest BCUT2D eigenvalue weighted by Gasteiger charge is 2.48. The number of benzene rings is 2. The Labute approximate surface area is 164 Å². The van der Waals surface area contributed by atoms with Crippen molar-refractivity contribution < 1.29 is 19.5 Å². The van der Waals surface area contributed by atoms with Gasteiger partial charge in [0, 0.05) is 24.2 Å². The maximum atomic E-state index is 13.3. The number of nitrogens with one attached hydrogen (secondary N) is 1. The van der Waals surface area contributed by atoms with Crippen LogP contribution in [0, 0.1) is 5.41 Å². The molecule has 1 heterocycles. The third-order valence-corrected chi connectivity index (χ3v) is 6.13. The second-order valence-corrected chi connectivity index (χ2v) is 7.67. The summed E-state index contributed by atoms with van der Waals surface area (Å²) in [5.41, 5.74) is 4.90. The fraction of sp³-hybridized carbons (Fsp3) is 0.364. The highest BCUT2D eigenvalue weighted by atomic mass is 16.5. The van der Waals surface area contributed by atoms with Crippen molar-refractivity contribution in [3.8, 4) is 5.75 Å². The molecular formula is C22H24N2O4. The van der Waals surface area contributed by atoms with Gasteiger partial charge in [-0.3, -0.25) is 14.8 Å². The van der Waals surface area contributed by atoms with Crippen molar-refractivity contribution in [2.24, 2.45) is 5.41 Å². The number of carbonyl (C=O) groups is 2. The molecule has 28 heavy (non-hydrogen) atoms. The van der Waals surface area contributed by atoms with Crippen LogP contribution in [-0.2, 0) is 24.2 Å². The molecule has 146 valence electrons. The van der Waals surface area contributed by atoms with Gasteiger partial charge in [0.1, 0.15) is 5.75 Å². The summed E-state index contributed by atoms with van der Waals surface area (Å²) in [6.45, 7) is 1.27. The molecule has 0 radical (unpaired) electrons. The summed E-state index contributed by atoms with van der Waals surface area (Å²) in [7, 11) is 1.64. The lowest BCUT2D eigenvalue weighted by Crippen LogP contribution is -2.38. The van der Waals surface area contributed by atoms with Crippen molar-refractivity contribution >= 4 is 11.8 Å². The number of rotatable bonds is 4. The molecule has 4 rings (SSSR count). The van der Waals surface area contributed by atoms with E-state index in [0.717, 1.165) is 42.7 Å².